The van der Waals surface area contributed by atoms with E-state index in [2.05, 4.69) is 234 Å². The normalized spacial score (nSPS) is 12.2. The van der Waals surface area contributed by atoms with Crippen LogP contribution in [0.1, 0.15) is 52.7 Å². The van der Waals surface area contributed by atoms with Crippen LogP contribution >= 0.6 is 0 Å². The van der Waals surface area contributed by atoms with Crippen LogP contribution in [-0.4, -0.2) is 0 Å². The first-order chi connectivity index (χ1) is 33.5. The highest BCUT2D eigenvalue weighted by Crippen LogP contribution is 2.48. The van der Waals surface area contributed by atoms with Gasteiger partial charge in [-0.15, -0.1) is 0 Å². The van der Waals surface area contributed by atoms with Gasteiger partial charge in [0.05, 0.1) is 11.4 Å². The van der Waals surface area contributed by atoms with Gasteiger partial charge in [0.1, 0.15) is 22.3 Å². The Kier molecular flexibility index (Phi) is 9.97. The second-order valence-corrected chi connectivity index (χ2v) is 20.5. The monoisotopic (exact) mass is 891 g/mol. The van der Waals surface area contributed by atoms with Gasteiger partial charge in [0.15, 0.2) is 0 Å². The molecule has 0 saturated heterocycles. The van der Waals surface area contributed by atoms with E-state index in [9.17, 15) is 0 Å². The van der Waals surface area contributed by atoms with Gasteiger partial charge in [-0.3, -0.25) is 0 Å². The highest BCUT2D eigenvalue weighted by molar-refractivity contribution is 6.10. The van der Waals surface area contributed by atoms with Crippen LogP contribution in [0.5, 0.6) is 0 Å². The van der Waals surface area contributed by atoms with Gasteiger partial charge in [0, 0.05) is 38.4 Å². The zero-order valence-electron chi connectivity index (χ0n) is 40.0. The van der Waals surface area contributed by atoms with Crippen molar-refractivity contribution < 1.29 is 8.83 Å². The Bertz CT molecular complexity index is 3890. The third-order valence-corrected chi connectivity index (χ3v) is 14.0. The lowest BCUT2D eigenvalue weighted by Crippen LogP contribution is -2.16. The molecule has 0 aliphatic heterocycles. The lowest BCUT2D eigenvalue weighted by atomic mass is 9.78. The molecule has 10 aromatic carbocycles. The van der Waals surface area contributed by atoms with Crippen LogP contribution in [0.4, 0.5) is 17.1 Å². The number of rotatable bonds is 7. The summed E-state index contributed by atoms with van der Waals surface area (Å²) in [4.78, 5) is 2.44. The topological polar surface area (TPSA) is 29.5 Å². The van der Waals surface area contributed by atoms with E-state index < -0.39 is 0 Å². The maximum atomic E-state index is 6.48. The number of para-hydroxylation sites is 4. The van der Waals surface area contributed by atoms with E-state index in [1.807, 2.05) is 24.3 Å². The second-order valence-electron chi connectivity index (χ2n) is 20.5. The summed E-state index contributed by atoms with van der Waals surface area (Å²) in [6.45, 7) is 13.9. The van der Waals surface area contributed by atoms with Crippen molar-refractivity contribution in [3.05, 3.63) is 223 Å². The molecule has 12 aromatic rings. The van der Waals surface area contributed by atoms with Crippen molar-refractivity contribution in [2.75, 3.05) is 4.90 Å². The molecule has 0 unspecified atom stereocenters. The number of hydrogen-bond donors (Lipinski definition) is 0. The van der Waals surface area contributed by atoms with E-state index in [4.69, 9.17) is 8.83 Å². The van der Waals surface area contributed by atoms with Crippen molar-refractivity contribution in [2.45, 2.75) is 52.4 Å². The van der Waals surface area contributed by atoms with E-state index in [1.165, 1.54) is 38.6 Å². The van der Waals surface area contributed by atoms with Crippen LogP contribution in [-0.2, 0) is 10.8 Å². The fourth-order valence-corrected chi connectivity index (χ4v) is 10.3. The van der Waals surface area contributed by atoms with Crippen molar-refractivity contribution >= 4 is 71.7 Å². The summed E-state index contributed by atoms with van der Waals surface area (Å²) in [5.74, 6) is 0. The molecule has 2 heterocycles. The number of furan rings is 2. The van der Waals surface area contributed by atoms with Crippen LogP contribution in [0, 0.1) is 0 Å². The summed E-state index contributed by atoms with van der Waals surface area (Å²) in [6.07, 6.45) is 0. The highest BCUT2D eigenvalue weighted by atomic mass is 16.3. The third-order valence-electron chi connectivity index (χ3n) is 14.0. The van der Waals surface area contributed by atoms with E-state index in [0.717, 1.165) is 88.8 Å². The molecule has 0 radical (unpaired) electrons. The fourth-order valence-electron chi connectivity index (χ4n) is 10.3. The Morgan fingerprint density at radius 2 is 0.783 bits per heavy atom. The summed E-state index contributed by atoms with van der Waals surface area (Å²) < 4.78 is 12.8. The molecular weight excluding hydrogens is 839 g/mol. The number of hydrogen-bond acceptors (Lipinski definition) is 3. The Balaban J connectivity index is 1.06. The molecule has 0 atom stereocenters. The Morgan fingerprint density at radius 1 is 0.319 bits per heavy atom. The van der Waals surface area contributed by atoms with Gasteiger partial charge in [-0.25, -0.2) is 0 Å². The lowest BCUT2D eigenvalue weighted by molar-refractivity contribution is 0.569. The minimum absolute atomic E-state index is 0.0193. The molecule has 12 rings (SSSR count). The Hall–Kier alpha value is -8.14. The molecule has 69 heavy (non-hydrogen) atoms. The average Bonchev–Trinajstić information content (AvgIpc) is 3.94. The van der Waals surface area contributed by atoms with Gasteiger partial charge in [-0.05, 0) is 127 Å². The van der Waals surface area contributed by atoms with E-state index in [-0.39, 0.29) is 10.8 Å². The predicted octanol–water partition coefficient (Wildman–Crippen LogP) is 19.4. The van der Waals surface area contributed by atoms with E-state index >= 15 is 0 Å². The standard InChI is InChI=1S/C66H53NO2/c1-65(2,3)47-37-46(38-48(41-47)66(4,5)6)51-23-15-17-43-18-16-24-57(64(43)51)52-20-8-12-26-59(52)67(49-33-29-42(30-34-49)44-31-35-55-53-21-9-13-27-60(53)68-62(55)39-44)58-25-11-7-19-50(58)45-32-36-56-54-22-10-14-28-61(54)69-63(56)40-45/h7-41H,1-6H3. The fraction of sp³-hybridized carbons (Fsp3) is 0.121. The van der Waals surface area contributed by atoms with Crippen LogP contribution in [0.3, 0.4) is 0 Å². The zero-order valence-corrected chi connectivity index (χ0v) is 40.0. The maximum Gasteiger partial charge on any atom is 0.136 e. The zero-order chi connectivity index (χ0) is 47.0. The average molecular weight is 892 g/mol. The van der Waals surface area contributed by atoms with E-state index in [1.54, 1.807) is 0 Å². The Labute approximate surface area is 403 Å². The minimum Gasteiger partial charge on any atom is -0.456 e. The van der Waals surface area contributed by atoms with Gasteiger partial charge in [-0.1, -0.05) is 193 Å². The van der Waals surface area contributed by atoms with Crippen molar-refractivity contribution in [2.24, 2.45) is 0 Å². The summed E-state index contributed by atoms with van der Waals surface area (Å²) in [7, 11) is 0. The molecule has 3 heteroatoms. The molecule has 0 bridgehead atoms. The number of nitrogens with zero attached hydrogens (tertiary/aromatic N) is 1. The van der Waals surface area contributed by atoms with Crippen molar-refractivity contribution in [1.29, 1.82) is 0 Å². The quantitative estimate of drug-likeness (QED) is 0.160. The van der Waals surface area contributed by atoms with Crippen LogP contribution in [0.2, 0.25) is 0 Å². The minimum atomic E-state index is -0.0193. The molecule has 3 nitrogen and oxygen atoms in total. The van der Waals surface area contributed by atoms with Gasteiger partial charge in [0.2, 0.25) is 0 Å². The molecule has 0 spiro atoms. The molecule has 0 saturated carbocycles. The molecule has 0 fully saturated rings. The summed E-state index contributed by atoms with van der Waals surface area (Å²) in [5, 5.41) is 6.93. The molecule has 0 amide bonds. The van der Waals surface area contributed by atoms with Crippen LogP contribution in [0.15, 0.2) is 221 Å². The number of benzene rings is 10. The molecule has 0 aliphatic carbocycles. The van der Waals surface area contributed by atoms with Crippen molar-refractivity contribution in [1.82, 2.24) is 0 Å². The Morgan fingerprint density at radius 3 is 1.39 bits per heavy atom. The second kappa shape index (κ2) is 16.3. The maximum absolute atomic E-state index is 6.48. The molecular formula is C66H53NO2. The largest absolute Gasteiger partial charge is 0.456 e. The molecule has 334 valence electrons. The van der Waals surface area contributed by atoms with Crippen LogP contribution < -0.4 is 4.90 Å². The first kappa shape index (κ1) is 42.2. The first-order valence-electron chi connectivity index (χ1n) is 24.1. The lowest BCUT2D eigenvalue weighted by Gasteiger charge is -2.30. The SMILES string of the molecule is CC(C)(C)c1cc(-c2cccc3cccc(-c4ccccc4N(c4ccc(-c5ccc6c(c5)oc5ccccc56)cc4)c4ccccc4-c4ccc5c(c4)oc4ccccc45)c23)cc(C(C)(C)C)c1. The van der Waals surface area contributed by atoms with E-state index in [0.29, 0.717) is 0 Å². The van der Waals surface area contributed by atoms with Crippen molar-refractivity contribution in [3.63, 3.8) is 0 Å². The molecule has 0 N–H and O–H groups in total. The summed E-state index contributed by atoms with van der Waals surface area (Å²) >= 11 is 0. The summed E-state index contributed by atoms with van der Waals surface area (Å²) in [6, 6.07) is 77.2. The van der Waals surface area contributed by atoms with Gasteiger partial charge in [-0.2, -0.15) is 0 Å². The van der Waals surface area contributed by atoms with Crippen molar-refractivity contribution in [3.8, 4) is 44.5 Å². The molecule has 2 aromatic heterocycles. The highest BCUT2D eigenvalue weighted by Gasteiger charge is 2.25. The van der Waals surface area contributed by atoms with Gasteiger partial charge >= 0.3 is 0 Å². The number of fused-ring (bicyclic) bond motifs is 7. The number of anilines is 3. The first-order valence-corrected chi connectivity index (χ1v) is 24.1. The predicted molar refractivity (Wildman–Crippen MR) is 292 cm³/mol. The molecule has 0 aliphatic rings. The van der Waals surface area contributed by atoms with Gasteiger partial charge in [0.25, 0.3) is 0 Å². The third kappa shape index (κ3) is 7.46. The smallest absolute Gasteiger partial charge is 0.136 e. The summed E-state index contributed by atoms with van der Waals surface area (Å²) in [5.41, 5.74) is 18.5. The van der Waals surface area contributed by atoms with Gasteiger partial charge < -0.3 is 13.7 Å². The van der Waals surface area contributed by atoms with Crippen LogP contribution in [0.25, 0.3) is 99.2 Å².